The third-order valence-electron chi connectivity index (χ3n) is 8.73. The zero-order valence-corrected chi connectivity index (χ0v) is 26.1. The van der Waals surface area contributed by atoms with Gasteiger partial charge < -0.3 is 29.8 Å². The van der Waals surface area contributed by atoms with Crippen LogP contribution < -0.4 is 15.4 Å². The third kappa shape index (κ3) is 6.17. The number of aliphatic carboxylic acids is 1. The van der Waals surface area contributed by atoms with E-state index < -0.39 is 35.6 Å². The lowest BCUT2D eigenvalue weighted by molar-refractivity contribution is -0.145. The van der Waals surface area contributed by atoms with Crippen LogP contribution in [0.4, 0.5) is 5.13 Å². The van der Waals surface area contributed by atoms with Crippen LogP contribution in [0.5, 0.6) is 6.08 Å². The Morgan fingerprint density at radius 2 is 2.02 bits per heavy atom. The van der Waals surface area contributed by atoms with Crippen LogP contribution in [0.2, 0.25) is 0 Å². The highest BCUT2D eigenvalue weighted by atomic mass is 32.1. The first-order valence-electron chi connectivity index (χ1n) is 15.3. The molecule has 4 heterocycles. The number of nitrogens with one attached hydrogen (secondary N) is 2. The second kappa shape index (κ2) is 11.9. The number of allylic oxidation sites excluding steroid dienone is 1. The molecule has 0 spiro atoms. The van der Waals surface area contributed by atoms with Crippen LogP contribution in [0.1, 0.15) is 71.4 Å². The maximum atomic E-state index is 14.3. The van der Waals surface area contributed by atoms with Crippen molar-refractivity contribution in [3.05, 3.63) is 47.5 Å². The number of hydrogen-bond acceptors (Lipinski definition) is 9. The summed E-state index contributed by atoms with van der Waals surface area (Å²) >= 11 is 1.46. The van der Waals surface area contributed by atoms with E-state index in [1.807, 2.05) is 35.7 Å². The summed E-state index contributed by atoms with van der Waals surface area (Å²) in [6, 6.07) is 5.75. The topological polar surface area (TPSA) is 147 Å². The van der Waals surface area contributed by atoms with Crippen molar-refractivity contribution in [2.45, 2.75) is 94.9 Å². The summed E-state index contributed by atoms with van der Waals surface area (Å²) in [5.74, 6) is -2.11. The Morgan fingerprint density at radius 3 is 2.77 bits per heavy atom. The molecule has 2 amide bonds. The number of carbonyl (C=O) groups excluding carboxylic acids is 2. The van der Waals surface area contributed by atoms with Gasteiger partial charge >= 0.3 is 12.0 Å². The van der Waals surface area contributed by atoms with Crippen molar-refractivity contribution in [3.63, 3.8) is 0 Å². The number of nitrogens with zero attached hydrogens (tertiary/aromatic N) is 3. The summed E-state index contributed by atoms with van der Waals surface area (Å²) in [5, 5.41) is 18.9. The molecule has 12 heteroatoms. The monoisotopic (exact) mass is 621 g/mol. The standard InChI is InChI=1S/C32H39N5O6S/c1-31(2,3)25-18-44-29(35-25)33-22-13-8-6-4-5-7-11-19-16-32(19,28(40)41)36-26(38)23-15-20(17-37(23)27(22)39)42-30-34-21-12-9-10-14-24(21)43-30/h7,9-12,14,18-20,22-23H,4-6,8,13,15-17H2,1-3H3,(H,33,35)(H,36,38)(H,40,41)/b11-7-/t19-,20-,22+,23+,32-/m1/s1. The fraction of sp³-hybridized carbons (Fsp3) is 0.531. The number of oxazole rings is 1. The number of benzene rings is 1. The summed E-state index contributed by atoms with van der Waals surface area (Å²) in [6.45, 7) is 6.40. The Morgan fingerprint density at radius 1 is 1.20 bits per heavy atom. The van der Waals surface area contributed by atoms with E-state index in [2.05, 4.69) is 36.4 Å². The average Bonchev–Trinajstić information content (AvgIpc) is 3.36. The van der Waals surface area contributed by atoms with Gasteiger partial charge in [-0.25, -0.2) is 9.78 Å². The highest BCUT2D eigenvalue weighted by Gasteiger charge is 2.61. The van der Waals surface area contributed by atoms with Gasteiger partial charge in [-0.05, 0) is 37.8 Å². The van der Waals surface area contributed by atoms with E-state index in [4.69, 9.17) is 14.1 Å². The molecular formula is C32H39N5O6S. The molecule has 44 heavy (non-hydrogen) atoms. The molecule has 5 atom stereocenters. The van der Waals surface area contributed by atoms with Crippen molar-refractivity contribution in [3.8, 4) is 6.08 Å². The number of carbonyl (C=O) groups is 3. The van der Waals surface area contributed by atoms with Crippen molar-refractivity contribution in [2.75, 3.05) is 11.9 Å². The van der Waals surface area contributed by atoms with Gasteiger partial charge in [-0.15, -0.1) is 11.3 Å². The molecule has 3 aromatic rings. The normalized spacial score (nSPS) is 28.8. The molecular weight excluding hydrogens is 582 g/mol. The summed E-state index contributed by atoms with van der Waals surface area (Å²) in [5.41, 5.74) is 0.642. The number of anilines is 1. The van der Waals surface area contributed by atoms with Crippen LogP contribution in [-0.4, -0.2) is 68.0 Å². The summed E-state index contributed by atoms with van der Waals surface area (Å²) in [6.07, 6.45) is 7.93. The van der Waals surface area contributed by atoms with Gasteiger partial charge in [0.15, 0.2) is 10.7 Å². The molecule has 3 N–H and O–H groups in total. The van der Waals surface area contributed by atoms with E-state index in [9.17, 15) is 19.5 Å². The van der Waals surface area contributed by atoms with Gasteiger partial charge in [-0.1, -0.05) is 57.9 Å². The van der Waals surface area contributed by atoms with Crippen molar-refractivity contribution in [1.82, 2.24) is 20.2 Å². The molecule has 11 nitrogen and oxygen atoms in total. The largest absolute Gasteiger partial charge is 0.479 e. The minimum atomic E-state index is -1.37. The number of para-hydroxylation sites is 2. The molecule has 1 aliphatic carbocycles. The predicted molar refractivity (Wildman–Crippen MR) is 166 cm³/mol. The van der Waals surface area contributed by atoms with E-state index in [-0.39, 0.29) is 36.3 Å². The zero-order valence-electron chi connectivity index (χ0n) is 25.2. The van der Waals surface area contributed by atoms with E-state index in [0.717, 1.165) is 31.4 Å². The second-order valence-corrected chi connectivity index (χ2v) is 13.9. The zero-order chi connectivity index (χ0) is 31.1. The Labute approximate surface area is 260 Å². The van der Waals surface area contributed by atoms with Gasteiger partial charge in [-0.3, -0.25) is 9.59 Å². The van der Waals surface area contributed by atoms with Gasteiger partial charge in [0.05, 0.1) is 12.2 Å². The van der Waals surface area contributed by atoms with Crippen LogP contribution in [0.25, 0.3) is 11.1 Å². The van der Waals surface area contributed by atoms with E-state index in [1.54, 1.807) is 6.07 Å². The van der Waals surface area contributed by atoms with Gasteiger partial charge in [0.25, 0.3) is 0 Å². The van der Waals surface area contributed by atoms with Crippen LogP contribution in [0.15, 0.2) is 46.2 Å². The molecule has 0 bridgehead atoms. The van der Waals surface area contributed by atoms with Crippen molar-refractivity contribution < 1.29 is 28.6 Å². The van der Waals surface area contributed by atoms with Crippen LogP contribution >= 0.6 is 11.3 Å². The van der Waals surface area contributed by atoms with Crippen LogP contribution in [-0.2, 0) is 19.8 Å². The number of carboxylic acids is 1. The summed E-state index contributed by atoms with van der Waals surface area (Å²) in [7, 11) is 0. The Bertz CT molecular complexity index is 1540. The first-order chi connectivity index (χ1) is 21.0. The number of amides is 2. The van der Waals surface area contributed by atoms with Crippen LogP contribution in [0, 0.1) is 5.92 Å². The number of rotatable bonds is 5. The highest BCUT2D eigenvalue weighted by molar-refractivity contribution is 7.13. The SMILES string of the molecule is CC(C)(C)c1csc(N[C@H]2CCCCC/C=C\[C@@H]3C[C@@]3(C(=O)O)NC(=O)[C@@H]3C[C@@H](Oc4nc5ccccc5o4)CN3C2=O)n1. The van der Waals surface area contributed by atoms with Crippen molar-refractivity contribution >= 4 is 45.4 Å². The molecule has 2 aromatic heterocycles. The number of aromatic nitrogens is 2. The van der Waals surface area contributed by atoms with Gasteiger partial charge in [0.1, 0.15) is 29.2 Å². The van der Waals surface area contributed by atoms with Gasteiger partial charge in [-0.2, -0.15) is 4.98 Å². The fourth-order valence-corrected chi connectivity index (χ4v) is 7.02. The quantitative estimate of drug-likeness (QED) is 0.339. The lowest BCUT2D eigenvalue weighted by Gasteiger charge is -2.29. The highest BCUT2D eigenvalue weighted by Crippen LogP contribution is 2.45. The maximum Gasteiger partial charge on any atom is 0.394 e. The first-order valence-corrected chi connectivity index (χ1v) is 16.2. The molecule has 2 aliphatic heterocycles. The lowest BCUT2D eigenvalue weighted by Crippen LogP contribution is -2.55. The third-order valence-corrected chi connectivity index (χ3v) is 9.51. The number of hydrogen-bond donors (Lipinski definition) is 3. The first kappa shape index (κ1) is 30.1. The number of fused-ring (bicyclic) bond motifs is 3. The minimum Gasteiger partial charge on any atom is -0.479 e. The fourth-order valence-electron chi connectivity index (χ4n) is 6.02. The maximum absolute atomic E-state index is 14.3. The van der Waals surface area contributed by atoms with E-state index in [1.165, 1.54) is 16.2 Å². The molecule has 0 unspecified atom stereocenters. The van der Waals surface area contributed by atoms with Crippen molar-refractivity contribution in [2.24, 2.45) is 5.92 Å². The van der Waals surface area contributed by atoms with Gasteiger partial charge in [0, 0.05) is 23.1 Å². The Hall–Kier alpha value is -3.93. The van der Waals surface area contributed by atoms with Crippen LogP contribution in [0.3, 0.4) is 0 Å². The Kier molecular flexibility index (Phi) is 8.12. The molecule has 1 saturated carbocycles. The summed E-state index contributed by atoms with van der Waals surface area (Å²) in [4.78, 5) is 51.2. The molecule has 234 valence electrons. The molecule has 1 aromatic carbocycles. The molecule has 0 radical (unpaired) electrons. The molecule has 2 fully saturated rings. The number of ether oxygens (including phenoxy) is 1. The minimum absolute atomic E-state index is 0.0633. The number of thiazole rings is 1. The molecule has 1 saturated heterocycles. The van der Waals surface area contributed by atoms with Crippen molar-refractivity contribution in [1.29, 1.82) is 0 Å². The summed E-state index contributed by atoms with van der Waals surface area (Å²) < 4.78 is 11.9. The predicted octanol–water partition coefficient (Wildman–Crippen LogP) is 4.89. The van der Waals surface area contributed by atoms with Gasteiger partial charge in [0.2, 0.25) is 11.8 Å². The molecule has 6 rings (SSSR count). The average molecular weight is 622 g/mol. The second-order valence-electron chi connectivity index (χ2n) is 13.1. The molecule has 3 aliphatic rings. The van der Waals surface area contributed by atoms with E-state index in [0.29, 0.717) is 29.1 Å². The lowest BCUT2D eigenvalue weighted by atomic mass is 9.93. The smallest absolute Gasteiger partial charge is 0.394 e. The Balaban J connectivity index is 1.28. The number of carboxylic acid groups (broad SMARTS) is 1. The van der Waals surface area contributed by atoms with E-state index >= 15 is 0 Å².